The molecule has 4 nitrogen and oxygen atoms in total. The van der Waals surface area contributed by atoms with E-state index in [0.29, 0.717) is 5.56 Å². The summed E-state index contributed by atoms with van der Waals surface area (Å²) < 4.78 is 1.87. The van der Waals surface area contributed by atoms with Gasteiger partial charge in [-0.3, -0.25) is 0 Å². The lowest BCUT2D eigenvalue weighted by Crippen LogP contribution is -3.00. The summed E-state index contributed by atoms with van der Waals surface area (Å²) in [6.07, 6.45) is 3.65. The molecule has 1 rings (SSSR count). The van der Waals surface area contributed by atoms with Crippen LogP contribution < -0.4 is 34.3 Å². The van der Waals surface area contributed by atoms with Gasteiger partial charge in [-0.2, -0.15) is 0 Å². The number of nitrogens with zero attached hydrogens (tertiary/aromatic N) is 2. The smallest absolute Gasteiger partial charge is 0.170 e. The minimum absolute atomic E-state index is 0. The summed E-state index contributed by atoms with van der Waals surface area (Å²) in [5, 5.41) is 11.2. The second kappa shape index (κ2) is 4.91. The summed E-state index contributed by atoms with van der Waals surface area (Å²) in [6.45, 7) is 0. The van der Waals surface area contributed by atoms with Gasteiger partial charge in [0, 0.05) is 17.7 Å². The van der Waals surface area contributed by atoms with E-state index >= 15 is 0 Å². The Kier molecular flexibility index (Phi) is 4.57. The zero-order chi connectivity index (χ0) is 8.27. The second-order valence-electron chi connectivity index (χ2n) is 2.24. The molecule has 3 N–H and O–H groups in total. The highest BCUT2D eigenvalue weighted by atomic mass is 127. The van der Waals surface area contributed by atoms with Crippen molar-refractivity contribution < 1.29 is 33.8 Å². The standard InChI is InChI=1S/C7H9N3O.HI/c1-10-4-2-6(3-5-10)7(8)9-11;/h2-5H,8H2,1H3;1H. The zero-order valence-corrected chi connectivity index (χ0v) is 8.76. The van der Waals surface area contributed by atoms with Crippen LogP contribution in [-0.2, 0) is 7.05 Å². The fourth-order valence-electron chi connectivity index (χ4n) is 0.729. The number of hydrogen-bond donors (Lipinski definition) is 2. The van der Waals surface area contributed by atoms with Crippen molar-refractivity contribution in [3.63, 3.8) is 0 Å². The number of pyridine rings is 1. The minimum atomic E-state index is 0. The van der Waals surface area contributed by atoms with E-state index in [1.807, 2.05) is 24.0 Å². The zero-order valence-electron chi connectivity index (χ0n) is 6.61. The predicted molar refractivity (Wildman–Crippen MR) is 40.1 cm³/mol. The number of nitrogens with two attached hydrogens (primary N) is 1. The number of oxime groups is 1. The van der Waals surface area contributed by atoms with Crippen molar-refractivity contribution in [2.24, 2.45) is 17.9 Å². The largest absolute Gasteiger partial charge is 1.00 e. The lowest BCUT2D eigenvalue weighted by atomic mass is 10.2. The maximum Gasteiger partial charge on any atom is 0.170 e. The van der Waals surface area contributed by atoms with Crippen LogP contribution in [0.5, 0.6) is 0 Å². The van der Waals surface area contributed by atoms with E-state index < -0.39 is 0 Å². The van der Waals surface area contributed by atoms with Gasteiger partial charge in [0.25, 0.3) is 0 Å². The number of hydrogen-bond acceptors (Lipinski definition) is 2. The Morgan fingerprint density at radius 1 is 1.50 bits per heavy atom. The van der Waals surface area contributed by atoms with E-state index in [1.165, 1.54) is 0 Å². The van der Waals surface area contributed by atoms with Crippen LogP contribution in [0.4, 0.5) is 0 Å². The topological polar surface area (TPSA) is 62.5 Å². The molecule has 0 saturated carbocycles. The fraction of sp³-hybridized carbons (Fsp3) is 0.143. The molecule has 0 bridgehead atoms. The van der Waals surface area contributed by atoms with Gasteiger partial charge in [0.2, 0.25) is 0 Å². The molecule has 1 heterocycles. The highest BCUT2D eigenvalue weighted by molar-refractivity contribution is 5.96. The molecule has 0 aliphatic rings. The number of aryl methyl sites for hydroxylation is 1. The first kappa shape index (κ1) is 11.2. The van der Waals surface area contributed by atoms with Crippen molar-refractivity contribution in [2.75, 3.05) is 0 Å². The molecule has 0 amide bonds. The van der Waals surface area contributed by atoms with Crippen LogP contribution in [0.15, 0.2) is 29.7 Å². The van der Waals surface area contributed by atoms with Gasteiger partial charge in [0.1, 0.15) is 7.05 Å². The molecule has 0 fully saturated rings. The molecule has 1 aromatic heterocycles. The first-order chi connectivity index (χ1) is 5.24. The molecule has 0 atom stereocenters. The van der Waals surface area contributed by atoms with Crippen LogP contribution in [0.2, 0.25) is 0 Å². The summed E-state index contributed by atoms with van der Waals surface area (Å²) in [7, 11) is 1.90. The quantitative estimate of drug-likeness (QED) is 0.141. The van der Waals surface area contributed by atoms with Crippen molar-refractivity contribution in [1.82, 2.24) is 0 Å². The normalized spacial score (nSPS) is 10.6. The molecule has 12 heavy (non-hydrogen) atoms. The molecule has 0 aromatic carbocycles. The van der Waals surface area contributed by atoms with E-state index in [0.717, 1.165) is 0 Å². The fourth-order valence-corrected chi connectivity index (χ4v) is 0.729. The van der Waals surface area contributed by atoms with Crippen molar-refractivity contribution in [3.8, 4) is 0 Å². The molecule has 0 aliphatic heterocycles. The van der Waals surface area contributed by atoms with Gasteiger partial charge in [-0.05, 0) is 0 Å². The summed E-state index contributed by atoms with van der Waals surface area (Å²) >= 11 is 0. The molecule has 0 aliphatic carbocycles. The Labute approximate surface area is 87.7 Å². The van der Waals surface area contributed by atoms with Crippen molar-refractivity contribution in [1.29, 1.82) is 0 Å². The minimum Gasteiger partial charge on any atom is -1.00 e. The Balaban J connectivity index is 0.00000121. The van der Waals surface area contributed by atoms with Gasteiger partial charge >= 0.3 is 0 Å². The maximum absolute atomic E-state index is 8.31. The van der Waals surface area contributed by atoms with Crippen molar-refractivity contribution in [2.45, 2.75) is 0 Å². The second-order valence-corrected chi connectivity index (χ2v) is 2.24. The lowest BCUT2D eigenvalue weighted by molar-refractivity contribution is -0.671. The molecule has 66 valence electrons. The van der Waals surface area contributed by atoms with Gasteiger partial charge in [-0.15, -0.1) is 0 Å². The number of amidine groups is 1. The Bertz CT molecular complexity index is 270. The molecule has 5 heteroatoms. The predicted octanol–water partition coefficient (Wildman–Crippen LogP) is -3.39. The first-order valence-corrected chi connectivity index (χ1v) is 3.17. The Hall–Kier alpha value is -0.850. The third-order valence-corrected chi connectivity index (χ3v) is 1.38. The maximum atomic E-state index is 8.31. The number of halogens is 1. The van der Waals surface area contributed by atoms with Gasteiger partial charge in [-0.1, -0.05) is 5.16 Å². The first-order valence-electron chi connectivity index (χ1n) is 3.17. The molecule has 1 aromatic rings. The van der Waals surface area contributed by atoms with Gasteiger partial charge in [0.15, 0.2) is 18.2 Å². The molecule has 0 unspecified atom stereocenters. The van der Waals surface area contributed by atoms with Crippen LogP contribution in [0.3, 0.4) is 0 Å². The molecule has 0 spiro atoms. The average Bonchev–Trinajstić information content (AvgIpc) is 2.05. The van der Waals surface area contributed by atoms with Crippen molar-refractivity contribution in [3.05, 3.63) is 30.1 Å². The summed E-state index contributed by atoms with van der Waals surface area (Å²) in [5.74, 6) is 0.130. The third-order valence-electron chi connectivity index (χ3n) is 1.38. The van der Waals surface area contributed by atoms with Crippen LogP contribution in [0.25, 0.3) is 0 Å². The lowest BCUT2D eigenvalue weighted by Gasteiger charge is -1.94. The van der Waals surface area contributed by atoms with E-state index in [1.54, 1.807) is 12.1 Å². The molecular formula is C7H10IN3O. The number of rotatable bonds is 1. The van der Waals surface area contributed by atoms with E-state index in [4.69, 9.17) is 10.9 Å². The summed E-state index contributed by atoms with van der Waals surface area (Å²) in [4.78, 5) is 0. The third kappa shape index (κ3) is 2.65. The Morgan fingerprint density at radius 2 is 2.00 bits per heavy atom. The number of aromatic nitrogens is 1. The Morgan fingerprint density at radius 3 is 2.42 bits per heavy atom. The average molecular weight is 279 g/mol. The SMILES string of the molecule is C[n+]1ccc(/C(N)=N\O)cc1.[I-]. The van der Waals surface area contributed by atoms with Crippen LogP contribution in [-0.4, -0.2) is 11.0 Å². The van der Waals surface area contributed by atoms with Crippen LogP contribution in [0.1, 0.15) is 5.56 Å². The van der Waals surface area contributed by atoms with E-state index in [2.05, 4.69) is 5.16 Å². The van der Waals surface area contributed by atoms with E-state index in [9.17, 15) is 0 Å². The highest BCUT2D eigenvalue weighted by Crippen LogP contribution is 1.92. The summed E-state index contributed by atoms with van der Waals surface area (Å²) in [6, 6.07) is 3.55. The molecule has 0 saturated heterocycles. The highest BCUT2D eigenvalue weighted by Gasteiger charge is 1.99. The summed E-state index contributed by atoms with van der Waals surface area (Å²) in [5.41, 5.74) is 6.05. The van der Waals surface area contributed by atoms with Crippen LogP contribution >= 0.6 is 0 Å². The van der Waals surface area contributed by atoms with Crippen molar-refractivity contribution >= 4 is 5.84 Å². The van der Waals surface area contributed by atoms with E-state index in [-0.39, 0.29) is 29.8 Å². The molecular weight excluding hydrogens is 269 g/mol. The molecule has 0 radical (unpaired) electrons. The monoisotopic (exact) mass is 279 g/mol. The van der Waals surface area contributed by atoms with Crippen LogP contribution in [0, 0.1) is 0 Å². The van der Waals surface area contributed by atoms with Gasteiger partial charge in [0.05, 0.1) is 0 Å². The van der Waals surface area contributed by atoms with Gasteiger partial charge in [-0.25, -0.2) is 4.57 Å². The van der Waals surface area contributed by atoms with Gasteiger partial charge < -0.3 is 34.9 Å².